The SMILES string of the molecule is COc1cc(-c2ccc(-c3ncc(N(C4CC4)[C@H]4C[C@]5(C)CCC[C@@](C)(N5)[C@H]4F)nn3)c(O)c2)cnn1. The van der Waals surface area contributed by atoms with Crippen LogP contribution in [0.25, 0.3) is 22.5 Å². The molecule has 1 aliphatic carbocycles. The van der Waals surface area contributed by atoms with Gasteiger partial charge in [-0.3, -0.25) is 0 Å². The van der Waals surface area contributed by atoms with Gasteiger partial charge >= 0.3 is 0 Å². The molecule has 0 spiro atoms. The fourth-order valence-electron chi connectivity index (χ4n) is 6.25. The number of fused-ring (bicyclic) bond motifs is 2. The molecule has 2 aliphatic heterocycles. The molecule has 6 rings (SSSR count). The first-order chi connectivity index (χ1) is 17.8. The van der Waals surface area contributed by atoms with E-state index in [1.165, 1.54) is 7.11 Å². The van der Waals surface area contributed by atoms with E-state index in [4.69, 9.17) is 4.74 Å². The molecular weight excluding hydrogens is 473 g/mol. The summed E-state index contributed by atoms with van der Waals surface area (Å²) in [5.74, 6) is 1.32. The Bertz CT molecular complexity index is 1300. The molecule has 2 bridgehead atoms. The highest BCUT2D eigenvalue weighted by Gasteiger charge is 2.55. The highest BCUT2D eigenvalue weighted by atomic mass is 19.1. The Labute approximate surface area is 215 Å². The first-order valence-electron chi connectivity index (χ1n) is 12.9. The Morgan fingerprint density at radius 2 is 1.92 bits per heavy atom. The third-order valence-corrected chi connectivity index (χ3v) is 8.14. The molecule has 2 N–H and O–H groups in total. The largest absolute Gasteiger partial charge is 0.507 e. The first-order valence-corrected chi connectivity index (χ1v) is 12.9. The fraction of sp³-hybridized carbons (Fsp3) is 0.519. The van der Waals surface area contributed by atoms with E-state index in [2.05, 4.69) is 42.5 Å². The second kappa shape index (κ2) is 8.86. The second-order valence-electron chi connectivity index (χ2n) is 11.1. The number of alkyl halides is 1. The zero-order chi connectivity index (χ0) is 25.8. The summed E-state index contributed by atoms with van der Waals surface area (Å²) >= 11 is 0. The van der Waals surface area contributed by atoms with Gasteiger partial charge in [0.05, 0.1) is 31.1 Å². The third-order valence-electron chi connectivity index (χ3n) is 8.14. The fourth-order valence-corrected chi connectivity index (χ4v) is 6.25. The lowest BCUT2D eigenvalue weighted by molar-refractivity contribution is 0.000258. The number of hydrogen-bond donors (Lipinski definition) is 2. The standard InChI is InChI=1S/C27H32FN7O2/c1-26-9-4-10-27(2,34-26)24(28)20(13-26)35(18-6-7-18)22-15-29-25(33-31-22)19-8-5-16(11-21(19)36)17-12-23(37-3)32-30-14-17/h5,8,11-12,14-15,18,20,24,34,36H,4,6-7,9-10,13H2,1-3H3/t20-,24-,26-,27+/m0/s1. The number of hydrogen-bond acceptors (Lipinski definition) is 9. The van der Waals surface area contributed by atoms with Gasteiger partial charge < -0.3 is 20.1 Å². The van der Waals surface area contributed by atoms with Gasteiger partial charge in [-0.05, 0) is 70.1 Å². The predicted octanol–water partition coefficient (Wildman–Crippen LogP) is 4.08. The van der Waals surface area contributed by atoms with Crippen molar-refractivity contribution in [3.05, 3.63) is 36.7 Å². The number of aromatic nitrogens is 5. The van der Waals surface area contributed by atoms with E-state index >= 15 is 4.39 Å². The van der Waals surface area contributed by atoms with Gasteiger partial charge in [-0.25, -0.2) is 9.37 Å². The molecule has 3 fully saturated rings. The van der Waals surface area contributed by atoms with Crippen LogP contribution in [0, 0.1) is 0 Å². The molecule has 0 radical (unpaired) electrons. The van der Waals surface area contributed by atoms with E-state index in [0.29, 0.717) is 23.1 Å². The number of aromatic hydroxyl groups is 1. The Balaban J connectivity index is 1.27. The molecular formula is C27H32FN7O2. The summed E-state index contributed by atoms with van der Waals surface area (Å²) in [5.41, 5.74) is 1.36. The summed E-state index contributed by atoms with van der Waals surface area (Å²) in [7, 11) is 1.53. The van der Waals surface area contributed by atoms with E-state index < -0.39 is 11.7 Å². The maximum Gasteiger partial charge on any atom is 0.233 e. The third kappa shape index (κ3) is 4.37. The topological polar surface area (TPSA) is 109 Å². The summed E-state index contributed by atoms with van der Waals surface area (Å²) in [6.07, 6.45) is 7.94. The van der Waals surface area contributed by atoms with E-state index in [1.807, 2.05) is 13.0 Å². The molecule has 2 aromatic heterocycles. The number of rotatable bonds is 6. The van der Waals surface area contributed by atoms with E-state index in [0.717, 1.165) is 49.7 Å². The van der Waals surface area contributed by atoms with Crippen LogP contribution in [0.4, 0.5) is 10.2 Å². The molecule has 3 aromatic rings. The van der Waals surface area contributed by atoms with Crippen molar-refractivity contribution in [3.8, 4) is 34.1 Å². The molecule has 194 valence electrons. The number of ether oxygens (including phenoxy) is 1. The smallest absolute Gasteiger partial charge is 0.233 e. The summed E-state index contributed by atoms with van der Waals surface area (Å²) in [6, 6.07) is 6.96. The van der Waals surface area contributed by atoms with Crippen molar-refractivity contribution in [2.45, 2.75) is 81.7 Å². The number of methoxy groups -OCH3 is 1. The minimum atomic E-state index is -1.01. The van der Waals surface area contributed by atoms with E-state index in [9.17, 15) is 5.11 Å². The number of nitrogens with zero attached hydrogens (tertiary/aromatic N) is 6. The van der Waals surface area contributed by atoms with Gasteiger partial charge in [-0.15, -0.1) is 15.3 Å². The van der Waals surface area contributed by atoms with Crippen LogP contribution >= 0.6 is 0 Å². The van der Waals surface area contributed by atoms with Crippen LogP contribution in [-0.2, 0) is 0 Å². The Hall–Kier alpha value is -3.40. The minimum Gasteiger partial charge on any atom is -0.507 e. The number of benzene rings is 1. The van der Waals surface area contributed by atoms with Gasteiger partial charge in [0.15, 0.2) is 11.6 Å². The quantitative estimate of drug-likeness (QED) is 0.512. The number of nitrogens with one attached hydrogen (secondary N) is 1. The molecule has 10 heteroatoms. The maximum absolute atomic E-state index is 16.0. The minimum absolute atomic E-state index is 0.0257. The average molecular weight is 506 g/mol. The lowest BCUT2D eigenvalue weighted by Gasteiger charge is -2.57. The van der Waals surface area contributed by atoms with Gasteiger partial charge in [0.25, 0.3) is 0 Å². The van der Waals surface area contributed by atoms with Crippen molar-refractivity contribution in [2.24, 2.45) is 0 Å². The van der Waals surface area contributed by atoms with Crippen LogP contribution in [0.2, 0.25) is 0 Å². The molecule has 1 aromatic carbocycles. The lowest BCUT2D eigenvalue weighted by atomic mass is 9.68. The van der Waals surface area contributed by atoms with Crippen LogP contribution < -0.4 is 15.0 Å². The van der Waals surface area contributed by atoms with Crippen LogP contribution in [0.1, 0.15) is 52.4 Å². The predicted molar refractivity (Wildman–Crippen MR) is 137 cm³/mol. The number of piperidine rings is 2. The van der Waals surface area contributed by atoms with Crippen molar-refractivity contribution in [2.75, 3.05) is 12.0 Å². The maximum atomic E-state index is 16.0. The number of phenols is 1. The molecule has 4 heterocycles. The van der Waals surface area contributed by atoms with Crippen molar-refractivity contribution in [3.63, 3.8) is 0 Å². The molecule has 37 heavy (non-hydrogen) atoms. The van der Waals surface area contributed by atoms with E-state index in [1.54, 1.807) is 30.6 Å². The first kappa shape index (κ1) is 24.0. The van der Waals surface area contributed by atoms with E-state index in [-0.39, 0.29) is 23.4 Å². The number of phenolic OH excluding ortho intramolecular Hbond substituents is 1. The van der Waals surface area contributed by atoms with Gasteiger partial charge in [-0.1, -0.05) is 6.07 Å². The van der Waals surface area contributed by atoms with Crippen molar-refractivity contribution in [1.29, 1.82) is 0 Å². The van der Waals surface area contributed by atoms with Crippen LogP contribution in [0.3, 0.4) is 0 Å². The van der Waals surface area contributed by atoms with Crippen LogP contribution in [0.15, 0.2) is 36.7 Å². The molecule has 9 nitrogen and oxygen atoms in total. The molecule has 2 saturated heterocycles. The molecule has 3 aliphatic rings. The second-order valence-corrected chi connectivity index (χ2v) is 11.1. The Morgan fingerprint density at radius 3 is 2.62 bits per heavy atom. The van der Waals surface area contributed by atoms with Crippen molar-refractivity contribution < 1.29 is 14.2 Å². The van der Waals surface area contributed by atoms with Gasteiger partial charge in [0.1, 0.15) is 11.9 Å². The van der Waals surface area contributed by atoms with Gasteiger partial charge in [0.2, 0.25) is 5.88 Å². The molecule has 0 unspecified atom stereocenters. The Morgan fingerprint density at radius 1 is 1.08 bits per heavy atom. The Kier molecular flexibility index (Phi) is 5.74. The molecule has 0 amide bonds. The summed E-state index contributed by atoms with van der Waals surface area (Å²) < 4.78 is 21.1. The summed E-state index contributed by atoms with van der Waals surface area (Å²) in [5, 5.41) is 31.0. The molecule has 4 atom stereocenters. The zero-order valence-electron chi connectivity index (χ0n) is 21.4. The van der Waals surface area contributed by atoms with Gasteiger partial charge in [-0.2, -0.15) is 5.10 Å². The van der Waals surface area contributed by atoms with Crippen LogP contribution in [0.5, 0.6) is 11.6 Å². The zero-order valence-corrected chi connectivity index (χ0v) is 21.4. The van der Waals surface area contributed by atoms with Crippen LogP contribution in [-0.4, -0.2) is 66.9 Å². The van der Waals surface area contributed by atoms with Crippen molar-refractivity contribution in [1.82, 2.24) is 30.7 Å². The average Bonchev–Trinajstić information content (AvgIpc) is 3.73. The summed E-state index contributed by atoms with van der Waals surface area (Å²) in [4.78, 5) is 6.67. The number of anilines is 1. The summed E-state index contributed by atoms with van der Waals surface area (Å²) in [6.45, 7) is 4.23. The van der Waals surface area contributed by atoms with Crippen molar-refractivity contribution >= 4 is 5.82 Å². The highest BCUT2D eigenvalue weighted by molar-refractivity contribution is 5.72. The normalized spacial score (nSPS) is 29.1. The highest BCUT2D eigenvalue weighted by Crippen LogP contribution is 2.46. The lowest BCUT2D eigenvalue weighted by Crippen LogP contribution is -2.73. The number of halogens is 1. The molecule has 1 saturated carbocycles. The monoisotopic (exact) mass is 505 g/mol. The van der Waals surface area contributed by atoms with Gasteiger partial charge in [0, 0.05) is 28.7 Å².